The average molecular weight is 457 g/mol. The summed E-state index contributed by atoms with van der Waals surface area (Å²) >= 11 is 0. The number of likely N-dealkylation sites (N-methyl/N-ethyl adjacent to an activating group) is 1. The molecule has 0 bridgehead atoms. The lowest BCUT2D eigenvalue weighted by Crippen LogP contribution is -2.45. The van der Waals surface area contributed by atoms with Gasteiger partial charge in [-0.05, 0) is 62.6 Å². The molecular weight excluding hydrogens is 428 g/mol. The predicted molar refractivity (Wildman–Crippen MR) is 120 cm³/mol. The third-order valence-electron chi connectivity index (χ3n) is 6.40. The van der Waals surface area contributed by atoms with Crippen molar-refractivity contribution in [3.8, 4) is 0 Å². The largest absolute Gasteiger partial charge is 0.350 e. The van der Waals surface area contributed by atoms with Crippen LogP contribution >= 0.6 is 0 Å². The van der Waals surface area contributed by atoms with Gasteiger partial charge in [0, 0.05) is 32.0 Å². The summed E-state index contributed by atoms with van der Waals surface area (Å²) in [4.78, 5) is 31.1. The van der Waals surface area contributed by atoms with Gasteiger partial charge < -0.3 is 10.2 Å². The number of piperidine rings is 1. The van der Waals surface area contributed by atoms with Crippen molar-refractivity contribution in [2.75, 3.05) is 25.0 Å². The molecule has 0 radical (unpaired) electrons. The zero-order valence-corrected chi connectivity index (χ0v) is 19.4. The van der Waals surface area contributed by atoms with Crippen molar-refractivity contribution < 1.29 is 18.0 Å². The average Bonchev–Trinajstić information content (AvgIpc) is 2.98. The van der Waals surface area contributed by atoms with Crippen molar-refractivity contribution in [2.24, 2.45) is 5.92 Å². The van der Waals surface area contributed by atoms with Gasteiger partial charge in [-0.25, -0.2) is 8.42 Å². The van der Waals surface area contributed by atoms with Crippen LogP contribution < -0.4 is 10.2 Å². The van der Waals surface area contributed by atoms with Gasteiger partial charge in [0.15, 0.2) is 0 Å². The van der Waals surface area contributed by atoms with Gasteiger partial charge in [0.25, 0.3) is 0 Å². The Balaban J connectivity index is 1.50. The van der Waals surface area contributed by atoms with E-state index in [-0.39, 0.29) is 23.3 Å². The summed E-state index contributed by atoms with van der Waals surface area (Å²) in [6, 6.07) is 10.3. The lowest BCUT2D eigenvalue weighted by atomic mass is 9.86. The number of rotatable bonds is 5. The Kier molecular flexibility index (Phi) is 5.81. The highest BCUT2D eigenvalue weighted by Gasteiger charge is 2.43. The van der Waals surface area contributed by atoms with E-state index in [1.165, 1.54) is 4.31 Å². The number of carbonyl (C=O) groups excluding carboxylic acids is 2. The molecule has 8 nitrogen and oxygen atoms in total. The van der Waals surface area contributed by atoms with Crippen LogP contribution in [0.4, 0.5) is 5.69 Å². The summed E-state index contributed by atoms with van der Waals surface area (Å²) in [6.07, 6.45) is 2.91. The SMILES string of the molecule is CN1C(=O)C(C)(C)c2cc(S(=O)(=O)N3CCCC(C(=O)NCc4ccccn4)C3)ccc21. The number of carbonyl (C=O) groups is 2. The topological polar surface area (TPSA) is 99.7 Å². The molecule has 4 rings (SSSR count). The molecule has 1 aromatic carbocycles. The van der Waals surface area contributed by atoms with Crippen molar-refractivity contribution in [3.63, 3.8) is 0 Å². The van der Waals surface area contributed by atoms with Gasteiger partial charge in [-0.3, -0.25) is 14.6 Å². The lowest BCUT2D eigenvalue weighted by molar-refractivity contribution is -0.126. The summed E-state index contributed by atoms with van der Waals surface area (Å²) < 4.78 is 28.2. The third kappa shape index (κ3) is 3.91. The number of fused-ring (bicyclic) bond motifs is 1. The van der Waals surface area contributed by atoms with E-state index < -0.39 is 21.4 Å². The number of sulfonamides is 1. The minimum Gasteiger partial charge on any atom is -0.350 e. The molecule has 1 fully saturated rings. The zero-order chi connectivity index (χ0) is 23.1. The molecule has 170 valence electrons. The Hall–Kier alpha value is -2.78. The maximum Gasteiger partial charge on any atom is 0.243 e. The van der Waals surface area contributed by atoms with Crippen LogP contribution in [-0.4, -0.2) is 49.7 Å². The number of nitrogens with zero attached hydrogens (tertiary/aromatic N) is 3. The summed E-state index contributed by atoms with van der Waals surface area (Å²) in [5.41, 5.74) is 1.39. The van der Waals surface area contributed by atoms with E-state index in [9.17, 15) is 18.0 Å². The third-order valence-corrected chi connectivity index (χ3v) is 8.27. The molecule has 3 heterocycles. The first-order valence-corrected chi connectivity index (χ1v) is 12.2. The van der Waals surface area contributed by atoms with Crippen LogP contribution in [0.25, 0.3) is 0 Å². The number of amides is 2. The van der Waals surface area contributed by atoms with Crippen molar-refractivity contribution in [3.05, 3.63) is 53.9 Å². The quantitative estimate of drug-likeness (QED) is 0.742. The molecule has 9 heteroatoms. The molecule has 2 aliphatic heterocycles. The van der Waals surface area contributed by atoms with Crippen molar-refractivity contribution in [1.29, 1.82) is 0 Å². The highest BCUT2D eigenvalue weighted by Crippen LogP contribution is 2.42. The maximum absolute atomic E-state index is 13.4. The number of benzene rings is 1. The van der Waals surface area contributed by atoms with Crippen LogP contribution in [0.1, 0.15) is 37.9 Å². The monoisotopic (exact) mass is 456 g/mol. The van der Waals surface area contributed by atoms with Gasteiger partial charge in [-0.15, -0.1) is 0 Å². The molecule has 1 aromatic heterocycles. The first-order chi connectivity index (χ1) is 15.1. The minimum absolute atomic E-state index is 0.0651. The van der Waals surface area contributed by atoms with Gasteiger partial charge in [0.05, 0.1) is 28.5 Å². The van der Waals surface area contributed by atoms with Crippen molar-refractivity contribution in [1.82, 2.24) is 14.6 Å². The van der Waals surface area contributed by atoms with E-state index in [0.717, 1.165) is 11.4 Å². The number of nitrogens with one attached hydrogen (secondary N) is 1. The Morgan fingerprint density at radius 3 is 2.75 bits per heavy atom. The second-order valence-electron chi connectivity index (χ2n) is 8.91. The fraction of sp³-hybridized carbons (Fsp3) is 0.435. The number of aromatic nitrogens is 1. The molecular formula is C23H28N4O4S. The summed E-state index contributed by atoms with van der Waals surface area (Å²) in [5.74, 6) is -0.650. The van der Waals surface area contributed by atoms with Crippen LogP contribution in [0, 0.1) is 5.92 Å². The number of pyridine rings is 1. The first kappa shape index (κ1) is 22.4. The Morgan fingerprint density at radius 1 is 1.25 bits per heavy atom. The zero-order valence-electron chi connectivity index (χ0n) is 18.5. The summed E-state index contributed by atoms with van der Waals surface area (Å²) in [6.45, 7) is 4.42. The molecule has 1 atom stereocenters. The Labute approximate surface area is 188 Å². The van der Waals surface area contributed by atoms with Gasteiger partial charge in [-0.1, -0.05) is 6.07 Å². The van der Waals surface area contributed by atoms with Crippen LogP contribution in [0.3, 0.4) is 0 Å². The van der Waals surface area contributed by atoms with Gasteiger partial charge in [-0.2, -0.15) is 4.31 Å². The highest BCUT2D eigenvalue weighted by molar-refractivity contribution is 7.89. The normalized spacial score (nSPS) is 20.8. The fourth-order valence-corrected chi connectivity index (χ4v) is 6.01. The molecule has 0 aliphatic carbocycles. The molecule has 1 saturated heterocycles. The Bertz CT molecular complexity index is 1150. The molecule has 32 heavy (non-hydrogen) atoms. The molecule has 1 N–H and O–H groups in total. The van der Waals surface area contributed by atoms with E-state index in [1.54, 1.807) is 50.2 Å². The van der Waals surface area contributed by atoms with Crippen LogP contribution in [0.5, 0.6) is 0 Å². The van der Waals surface area contributed by atoms with E-state index in [4.69, 9.17) is 0 Å². The molecule has 2 aromatic rings. The molecule has 0 saturated carbocycles. The number of hydrogen-bond acceptors (Lipinski definition) is 5. The fourth-order valence-electron chi connectivity index (χ4n) is 4.46. The second-order valence-corrected chi connectivity index (χ2v) is 10.8. The van der Waals surface area contributed by atoms with E-state index in [2.05, 4.69) is 10.3 Å². The van der Waals surface area contributed by atoms with Gasteiger partial charge in [0.1, 0.15) is 0 Å². The van der Waals surface area contributed by atoms with E-state index in [1.807, 2.05) is 18.2 Å². The summed E-state index contributed by atoms with van der Waals surface area (Å²) in [5, 5.41) is 2.87. The standard InChI is InChI=1S/C23H28N4O4S/c1-23(2)19-13-18(9-10-20(19)26(3)22(23)29)32(30,31)27-12-6-7-16(15-27)21(28)25-14-17-8-4-5-11-24-17/h4-5,8-11,13,16H,6-7,12,14-15H2,1-3H3,(H,25,28). The lowest BCUT2D eigenvalue weighted by Gasteiger charge is -2.31. The predicted octanol–water partition coefficient (Wildman–Crippen LogP) is 2.05. The second kappa shape index (κ2) is 8.29. The molecule has 0 spiro atoms. The van der Waals surface area contributed by atoms with Crippen molar-refractivity contribution >= 4 is 27.5 Å². The van der Waals surface area contributed by atoms with Crippen LogP contribution in [0.2, 0.25) is 0 Å². The first-order valence-electron chi connectivity index (χ1n) is 10.7. The van der Waals surface area contributed by atoms with Gasteiger partial charge >= 0.3 is 0 Å². The van der Waals surface area contributed by atoms with Gasteiger partial charge in [0.2, 0.25) is 21.8 Å². The number of anilines is 1. The van der Waals surface area contributed by atoms with E-state index in [0.29, 0.717) is 31.5 Å². The minimum atomic E-state index is -3.79. The van der Waals surface area contributed by atoms with Crippen LogP contribution in [-0.2, 0) is 31.6 Å². The highest BCUT2D eigenvalue weighted by atomic mass is 32.2. The van der Waals surface area contributed by atoms with Crippen molar-refractivity contribution in [2.45, 2.75) is 43.5 Å². The number of hydrogen-bond donors (Lipinski definition) is 1. The Morgan fingerprint density at radius 2 is 2.03 bits per heavy atom. The van der Waals surface area contributed by atoms with Crippen LogP contribution in [0.15, 0.2) is 47.5 Å². The molecule has 2 aliphatic rings. The molecule has 1 unspecified atom stereocenters. The summed E-state index contributed by atoms with van der Waals surface area (Å²) in [7, 11) is -2.09. The maximum atomic E-state index is 13.4. The van der Waals surface area contributed by atoms with E-state index >= 15 is 0 Å². The smallest absolute Gasteiger partial charge is 0.243 e. The molecule has 2 amide bonds.